The zero-order chi connectivity index (χ0) is 9.14. The first kappa shape index (κ1) is 9.99. The molecule has 1 saturated carbocycles. The molecule has 0 aromatic carbocycles. The minimum atomic E-state index is -0.414. The number of carbonyl (C=O) groups is 1. The van der Waals surface area contributed by atoms with Crippen LogP contribution in [0.25, 0.3) is 0 Å². The Kier molecular flexibility index (Phi) is 3.53. The number of aliphatic hydroxyl groups excluding tert-OH is 1. The molecule has 70 valence electrons. The summed E-state index contributed by atoms with van der Waals surface area (Å²) in [5.74, 6) is -0.313. The maximum Gasteiger partial charge on any atom is 0.308 e. The van der Waals surface area contributed by atoms with Crippen LogP contribution in [0.2, 0.25) is 0 Å². The van der Waals surface area contributed by atoms with Gasteiger partial charge in [0.2, 0.25) is 0 Å². The van der Waals surface area contributed by atoms with Gasteiger partial charge in [0.15, 0.2) is 0 Å². The van der Waals surface area contributed by atoms with Gasteiger partial charge in [-0.2, -0.15) is 0 Å². The lowest BCUT2D eigenvalue weighted by Gasteiger charge is -2.27. The molecule has 0 heterocycles. The summed E-state index contributed by atoms with van der Waals surface area (Å²) >= 11 is 3.35. The molecular formula is C8H13BrO3. The van der Waals surface area contributed by atoms with E-state index in [0.717, 1.165) is 12.8 Å². The Morgan fingerprint density at radius 2 is 2.25 bits per heavy atom. The Morgan fingerprint density at radius 1 is 1.58 bits per heavy atom. The molecule has 0 aliphatic heterocycles. The lowest BCUT2D eigenvalue weighted by molar-refractivity contribution is -0.147. The first-order valence-electron chi connectivity index (χ1n) is 4.05. The number of methoxy groups -OCH3 is 1. The number of carbonyl (C=O) groups excluding carboxylic acids is 1. The third kappa shape index (κ3) is 2.20. The Bertz CT molecular complexity index is 172. The van der Waals surface area contributed by atoms with Gasteiger partial charge in [0.1, 0.15) is 0 Å². The van der Waals surface area contributed by atoms with E-state index in [4.69, 9.17) is 0 Å². The molecule has 1 fully saturated rings. The van der Waals surface area contributed by atoms with E-state index in [1.54, 1.807) is 0 Å². The number of rotatable bonds is 1. The Balaban J connectivity index is 2.45. The zero-order valence-electron chi connectivity index (χ0n) is 7.00. The number of aliphatic hydroxyl groups is 1. The van der Waals surface area contributed by atoms with Gasteiger partial charge in [-0.15, -0.1) is 0 Å². The maximum absolute atomic E-state index is 11.1. The van der Waals surface area contributed by atoms with E-state index in [2.05, 4.69) is 20.7 Å². The molecule has 12 heavy (non-hydrogen) atoms. The SMILES string of the molecule is COC(=O)[C@@H]1CC[C@@H](Br)[C@H](O)C1. The summed E-state index contributed by atoms with van der Waals surface area (Å²) < 4.78 is 4.61. The molecule has 0 amide bonds. The molecular weight excluding hydrogens is 224 g/mol. The Hall–Kier alpha value is -0.0900. The van der Waals surface area contributed by atoms with Crippen molar-refractivity contribution in [1.82, 2.24) is 0 Å². The largest absolute Gasteiger partial charge is 0.469 e. The topological polar surface area (TPSA) is 46.5 Å². The van der Waals surface area contributed by atoms with Crippen molar-refractivity contribution < 1.29 is 14.6 Å². The fraction of sp³-hybridized carbons (Fsp3) is 0.875. The van der Waals surface area contributed by atoms with Gasteiger partial charge in [-0.1, -0.05) is 15.9 Å². The maximum atomic E-state index is 11.1. The molecule has 0 aromatic heterocycles. The Labute approximate surface area is 80.2 Å². The van der Waals surface area contributed by atoms with Gasteiger partial charge in [-0.05, 0) is 19.3 Å². The number of halogens is 1. The van der Waals surface area contributed by atoms with Crippen molar-refractivity contribution in [3.8, 4) is 0 Å². The summed E-state index contributed by atoms with van der Waals surface area (Å²) in [4.78, 5) is 11.2. The lowest BCUT2D eigenvalue weighted by atomic mass is 9.87. The van der Waals surface area contributed by atoms with Gasteiger partial charge in [-0.25, -0.2) is 0 Å². The standard InChI is InChI=1S/C8H13BrO3/c1-12-8(11)5-2-3-6(9)7(10)4-5/h5-7,10H,2-4H2,1H3/t5-,6-,7-/m1/s1. The summed E-state index contributed by atoms with van der Waals surface area (Å²) in [7, 11) is 1.38. The van der Waals surface area contributed by atoms with Crippen molar-refractivity contribution in [3.05, 3.63) is 0 Å². The second kappa shape index (κ2) is 4.23. The van der Waals surface area contributed by atoms with E-state index < -0.39 is 6.10 Å². The molecule has 0 saturated heterocycles. The minimum Gasteiger partial charge on any atom is -0.469 e. The van der Waals surface area contributed by atoms with Gasteiger partial charge in [0, 0.05) is 4.83 Å². The molecule has 1 aliphatic rings. The molecule has 0 spiro atoms. The highest BCUT2D eigenvalue weighted by Gasteiger charge is 2.31. The number of hydrogen-bond donors (Lipinski definition) is 1. The highest BCUT2D eigenvalue weighted by Crippen LogP contribution is 2.29. The predicted octanol–water partition coefficient (Wildman–Crippen LogP) is 1.08. The Morgan fingerprint density at radius 3 is 2.75 bits per heavy atom. The molecule has 0 bridgehead atoms. The average Bonchev–Trinajstić information content (AvgIpc) is 2.08. The molecule has 0 aromatic rings. The number of ether oxygens (including phenoxy) is 1. The van der Waals surface area contributed by atoms with E-state index >= 15 is 0 Å². The summed E-state index contributed by atoms with van der Waals surface area (Å²) in [6.45, 7) is 0. The van der Waals surface area contributed by atoms with E-state index in [-0.39, 0.29) is 16.7 Å². The van der Waals surface area contributed by atoms with Crippen LogP contribution in [-0.4, -0.2) is 29.1 Å². The first-order valence-corrected chi connectivity index (χ1v) is 4.96. The van der Waals surface area contributed by atoms with Crippen LogP contribution in [0.1, 0.15) is 19.3 Å². The van der Waals surface area contributed by atoms with Crippen molar-refractivity contribution in [2.45, 2.75) is 30.2 Å². The molecule has 0 unspecified atom stereocenters. The number of esters is 1. The number of hydrogen-bond acceptors (Lipinski definition) is 3. The quantitative estimate of drug-likeness (QED) is 0.548. The first-order chi connectivity index (χ1) is 5.65. The van der Waals surface area contributed by atoms with Crippen LogP contribution >= 0.6 is 15.9 Å². The molecule has 1 aliphatic carbocycles. The predicted molar refractivity (Wildman–Crippen MR) is 48.1 cm³/mol. The fourth-order valence-corrected chi connectivity index (χ4v) is 1.97. The van der Waals surface area contributed by atoms with E-state index in [1.165, 1.54) is 7.11 Å². The number of alkyl halides is 1. The normalized spacial score (nSPS) is 36.1. The van der Waals surface area contributed by atoms with Crippen LogP contribution < -0.4 is 0 Å². The second-order valence-corrected chi connectivity index (χ2v) is 4.29. The van der Waals surface area contributed by atoms with Crippen LogP contribution in [0.3, 0.4) is 0 Å². The van der Waals surface area contributed by atoms with Gasteiger partial charge in [0.25, 0.3) is 0 Å². The van der Waals surface area contributed by atoms with E-state index in [1.807, 2.05) is 0 Å². The third-order valence-electron chi connectivity index (χ3n) is 2.27. The van der Waals surface area contributed by atoms with Crippen molar-refractivity contribution in [1.29, 1.82) is 0 Å². The van der Waals surface area contributed by atoms with Gasteiger partial charge >= 0.3 is 5.97 Å². The smallest absolute Gasteiger partial charge is 0.308 e. The van der Waals surface area contributed by atoms with Gasteiger partial charge in [0.05, 0.1) is 19.1 Å². The summed E-state index contributed by atoms with van der Waals surface area (Å²) in [6, 6.07) is 0. The third-order valence-corrected chi connectivity index (χ3v) is 3.34. The summed E-state index contributed by atoms with van der Waals surface area (Å²) in [6.07, 6.45) is 1.74. The average molecular weight is 237 g/mol. The summed E-state index contributed by atoms with van der Waals surface area (Å²) in [5.41, 5.74) is 0. The monoisotopic (exact) mass is 236 g/mol. The molecule has 0 radical (unpaired) electrons. The lowest BCUT2D eigenvalue weighted by Crippen LogP contribution is -2.33. The van der Waals surface area contributed by atoms with E-state index in [0.29, 0.717) is 6.42 Å². The second-order valence-electron chi connectivity index (χ2n) is 3.12. The van der Waals surface area contributed by atoms with Crippen LogP contribution in [-0.2, 0) is 9.53 Å². The van der Waals surface area contributed by atoms with Crippen molar-refractivity contribution in [2.24, 2.45) is 5.92 Å². The minimum absolute atomic E-state index is 0.112. The van der Waals surface area contributed by atoms with Gasteiger partial charge < -0.3 is 9.84 Å². The molecule has 3 atom stereocenters. The molecule has 4 heteroatoms. The molecule has 1 N–H and O–H groups in total. The molecule has 1 rings (SSSR count). The van der Waals surface area contributed by atoms with Crippen LogP contribution in [0.15, 0.2) is 0 Å². The van der Waals surface area contributed by atoms with Crippen molar-refractivity contribution >= 4 is 21.9 Å². The highest BCUT2D eigenvalue weighted by molar-refractivity contribution is 9.09. The van der Waals surface area contributed by atoms with Crippen LogP contribution in [0.5, 0.6) is 0 Å². The fourth-order valence-electron chi connectivity index (χ4n) is 1.49. The van der Waals surface area contributed by atoms with Gasteiger partial charge in [-0.3, -0.25) is 4.79 Å². The van der Waals surface area contributed by atoms with E-state index in [9.17, 15) is 9.90 Å². The van der Waals surface area contributed by atoms with Crippen LogP contribution in [0, 0.1) is 5.92 Å². The molecule has 3 nitrogen and oxygen atoms in total. The van der Waals surface area contributed by atoms with Crippen molar-refractivity contribution in [2.75, 3.05) is 7.11 Å². The highest BCUT2D eigenvalue weighted by atomic mass is 79.9. The van der Waals surface area contributed by atoms with Crippen molar-refractivity contribution in [3.63, 3.8) is 0 Å². The summed E-state index contributed by atoms with van der Waals surface area (Å²) in [5, 5.41) is 9.44. The zero-order valence-corrected chi connectivity index (χ0v) is 8.58. The van der Waals surface area contributed by atoms with Crippen LogP contribution in [0.4, 0.5) is 0 Å².